The van der Waals surface area contributed by atoms with Gasteiger partial charge in [-0.15, -0.1) is 0 Å². The van der Waals surface area contributed by atoms with Crippen LogP contribution in [0.5, 0.6) is 0 Å². The van der Waals surface area contributed by atoms with Gasteiger partial charge in [0.1, 0.15) is 12.1 Å². The number of nitrogens with one attached hydrogen (secondary N) is 1. The minimum atomic E-state index is -2.59. The summed E-state index contributed by atoms with van der Waals surface area (Å²) in [5.74, 6) is -1.63. The molecule has 0 atom stereocenters. The number of hydrogen-bond acceptors (Lipinski definition) is 5. The summed E-state index contributed by atoms with van der Waals surface area (Å²) in [6.07, 6.45) is -0.602. The zero-order valence-electron chi connectivity index (χ0n) is 14.3. The Morgan fingerprint density at radius 1 is 1.35 bits per heavy atom. The van der Waals surface area contributed by atoms with Crippen molar-refractivity contribution < 1.29 is 23.1 Å². The standard InChI is InChI=1S/C17H20F2N4O3/c1-3-26-17(25)14(9-21-12-22-10-15(18)19)16(24)23(20-2)11-13-7-5-4-6-8-13/h4-9,12,15H,2-3,10-11H2,1H3,(H,21,22)/b14-9+. The van der Waals surface area contributed by atoms with Crippen LogP contribution < -0.4 is 5.32 Å². The van der Waals surface area contributed by atoms with Crippen molar-refractivity contribution in [2.24, 2.45) is 10.1 Å². The highest BCUT2D eigenvalue weighted by molar-refractivity contribution is 6.16. The van der Waals surface area contributed by atoms with Gasteiger partial charge in [-0.05, 0) is 12.5 Å². The lowest BCUT2D eigenvalue weighted by atomic mass is 10.2. The quantitative estimate of drug-likeness (QED) is 0.131. The molecule has 0 fully saturated rings. The predicted molar refractivity (Wildman–Crippen MR) is 93.8 cm³/mol. The van der Waals surface area contributed by atoms with Crippen molar-refractivity contribution in [3.8, 4) is 0 Å². The van der Waals surface area contributed by atoms with Crippen molar-refractivity contribution in [2.75, 3.05) is 13.2 Å². The van der Waals surface area contributed by atoms with Gasteiger partial charge in [0.25, 0.3) is 12.3 Å². The van der Waals surface area contributed by atoms with Crippen LogP contribution in [0.15, 0.2) is 52.2 Å². The van der Waals surface area contributed by atoms with E-state index < -0.39 is 24.8 Å². The molecule has 0 aliphatic carbocycles. The first-order valence-electron chi connectivity index (χ1n) is 7.71. The van der Waals surface area contributed by atoms with Gasteiger partial charge in [0.15, 0.2) is 0 Å². The van der Waals surface area contributed by atoms with Gasteiger partial charge in [0.2, 0.25) is 0 Å². The molecule has 0 bridgehead atoms. The molecule has 0 spiro atoms. The Bertz CT molecular complexity index is 663. The van der Waals surface area contributed by atoms with Crippen LogP contribution in [0.3, 0.4) is 0 Å². The number of hydrazone groups is 1. The van der Waals surface area contributed by atoms with E-state index in [0.717, 1.165) is 23.1 Å². The maximum atomic E-state index is 12.6. The molecule has 1 rings (SSSR count). The highest BCUT2D eigenvalue weighted by atomic mass is 19.3. The van der Waals surface area contributed by atoms with Gasteiger partial charge in [-0.1, -0.05) is 30.3 Å². The van der Waals surface area contributed by atoms with Crippen LogP contribution in [0.25, 0.3) is 0 Å². The molecule has 0 saturated carbocycles. The fraction of sp³-hybridized carbons (Fsp3) is 0.294. The normalized spacial score (nSPS) is 11.5. The number of alkyl halides is 2. The van der Waals surface area contributed by atoms with Crippen LogP contribution >= 0.6 is 0 Å². The number of nitrogens with zero attached hydrogens (tertiary/aromatic N) is 3. The van der Waals surface area contributed by atoms with E-state index in [0.29, 0.717) is 0 Å². The molecular weight excluding hydrogens is 346 g/mol. The molecule has 1 N–H and O–H groups in total. The number of hydrogen-bond donors (Lipinski definition) is 1. The smallest absolute Gasteiger partial charge is 0.345 e. The molecule has 26 heavy (non-hydrogen) atoms. The van der Waals surface area contributed by atoms with Gasteiger partial charge in [0.05, 0.1) is 19.5 Å². The lowest BCUT2D eigenvalue weighted by molar-refractivity contribution is -0.142. The molecule has 0 aliphatic heterocycles. The van der Waals surface area contributed by atoms with E-state index in [2.05, 4.69) is 22.1 Å². The third kappa shape index (κ3) is 7.20. The second kappa shape index (κ2) is 11.5. The molecule has 0 unspecified atom stereocenters. The number of esters is 1. The Kier molecular flexibility index (Phi) is 9.23. The van der Waals surface area contributed by atoms with Crippen LogP contribution in [-0.4, -0.2) is 49.5 Å². The summed E-state index contributed by atoms with van der Waals surface area (Å²) in [4.78, 5) is 28.0. The Hall–Kier alpha value is -3.10. The Morgan fingerprint density at radius 2 is 2.04 bits per heavy atom. The third-order valence-corrected chi connectivity index (χ3v) is 2.94. The van der Waals surface area contributed by atoms with E-state index >= 15 is 0 Å². The van der Waals surface area contributed by atoms with Crippen LogP contribution in [0.2, 0.25) is 0 Å². The molecule has 1 aromatic rings. The van der Waals surface area contributed by atoms with E-state index in [1.54, 1.807) is 31.2 Å². The van der Waals surface area contributed by atoms with E-state index in [9.17, 15) is 18.4 Å². The first-order valence-corrected chi connectivity index (χ1v) is 7.71. The number of rotatable bonds is 10. The molecule has 1 aromatic carbocycles. The number of carbonyl (C=O) groups is 2. The summed E-state index contributed by atoms with van der Waals surface area (Å²) in [6.45, 7) is 4.39. The van der Waals surface area contributed by atoms with Crippen molar-refractivity contribution >= 4 is 24.9 Å². The SMILES string of the molecule is C=NN(Cc1ccccc1)C(=O)/C(=C\NC=NCC(F)F)C(=O)OCC. The Morgan fingerprint density at radius 3 is 2.62 bits per heavy atom. The maximum Gasteiger partial charge on any atom is 0.345 e. The van der Waals surface area contributed by atoms with E-state index in [-0.39, 0.29) is 18.7 Å². The van der Waals surface area contributed by atoms with Crippen molar-refractivity contribution in [2.45, 2.75) is 19.9 Å². The van der Waals surface area contributed by atoms with Crippen LogP contribution in [-0.2, 0) is 20.9 Å². The highest BCUT2D eigenvalue weighted by Crippen LogP contribution is 2.10. The maximum absolute atomic E-state index is 12.6. The van der Waals surface area contributed by atoms with Gasteiger partial charge in [-0.2, -0.15) is 5.10 Å². The molecule has 0 heterocycles. The number of aliphatic imine (C=N–C) groups is 1. The molecule has 0 saturated heterocycles. The second-order valence-electron chi connectivity index (χ2n) is 4.82. The van der Waals surface area contributed by atoms with Crippen molar-refractivity contribution in [3.63, 3.8) is 0 Å². The molecule has 0 aromatic heterocycles. The second-order valence-corrected chi connectivity index (χ2v) is 4.82. The average Bonchev–Trinajstić information content (AvgIpc) is 2.63. The van der Waals surface area contributed by atoms with Gasteiger partial charge < -0.3 is 10.1 Å². The third-order valence-electron chi connectivity index (χ3n) is 2.94. The van der Waals surface area contributed by atoms with Gasteiger partial charge in [0, 0.05) is 12.9 Å². The first-order chi connectivity index (χ1) is 12.5. The van der Waals surface area contributed by atoms with Crippen molar-refractivity contribution in [1.82, 2.24) is 10.3 Å². The zero-order valence-corrected chi connectivity index (χ0v) is 14.3. The lowest BCUT2D eigenvalue weighted by Crippen LogP contribution is -2.31. The highest BCUT2D eigenvalue weighted by Gasteiger charge is 2.25. The predicted octanol–water partition coefficient (Wildman–Crippen LogP) is 1.96. The Labute approximate surface area is 150 Å². The summed E-state index contributed by atoms with van der Waals surface area (Å²) in [5, 5.41) is 7.04. The van der Waals surface area contributed by atoms with E-state index in [4.69, 9.17) is 4.74 Å². The Balaban J connectivity index is 2.92. The van der Waals surface area contributed by atoms with Crippen molar-refractivity contribution in [1.29, 1.82) is 0 Å². The van der Waals surface area contributed by atoms with Crippen LogP contribution in [0.1, 0.15) is 12.5 Å². The first kappa shape index (κ1) is 20.9. The van der Waals surface area contributed by atoms with Crippen LogP contribution in [0, 0.1) is 0 Å². The number of carbonyl (C=O) groups excluding carboxylic acids is 2. The summed E-state index contributed by atoms with van der Waals surface area (Å²) < 4.78 is 28.9. The minimum Gasteiger partial charge on any atom is -0.462 e. The van der Waals surface area contributed by atoms with Gasteiger partial charge in [-0.25, -0.2) is 18.6 Å². The number of benzene rings is 1. The fourth-order valence-electron chi connectivity index (χ4n) is 1.80. The largest absolute Gasteiger partial charge is 0.462 e. The molecule has 0 aliphatic rings. The van der Waals surface area contributed by atoms with Gasteiger partial charge >= 0.3 is 5.97 Å². The monoisotopic (exact) mass is 366 g/mol. The van der Waals surface area contributed by atoms with E-state index in [1.807, 2.05) is 6.07 Å². The number of ether oxygens (including phenoxy) is 1. The number of amides is 1. The van der Waals surface area contributed by atoms with Crippen molar-refractivity contribution in [3.05, 3.63) is 47.7 Å². The average molecular weight is 366 g/mol. The van der Waals surface area contributed by atoms with E-state index in [1.165, 1.54) is 0 Å². The number of halogens is 2. The molecule has 9 heteroatoms. The molecule has 7 nitrogen and oxygen atoms in total. The summed E-state index contributed by atoms with van der Waals surface area (Å²) in [7, 11) is 0. The minimum absolute atomic E-state index is 0.0587. The molecule has 1 amide bonds. The zero-order chi connectivity index (χ0) is 19.4. The summed E-state index contributed by atoms with van der Waals surface area (Å²) in [5.41, 5.74) is 0.418. The summed E-state index contributed by atoms with van der Waals surface area (Å²) >= 11 is 0. The van der Waals surface area contributed by atoms with Crippen LogP contribution in [0.4, 0.5) is 8.78 Å². The summed E-state index contributed by atoms with van der Waals surface area (Å²) in [6, 6.07) is 8.99. The molecular formula is C17H20F2N4O3. The topological polar surface area (TPSA) is 83.4 Å². The fourth-order valence-corrected chi connectivity index (χ4v) is 1.80. The van der Waals surface area contributed by atoms with Gasteiger partial charge in [-0.3, -0.25) is 9.79 Å². The molecule has 0 radical (unpaired) electrons. The molecule has 140 valence electrons. The lowest BCUT2D eigenvalue weighted by Gasteiger charge is -2.17.